The first kappa shape index (κ1) is 18.4. The van der Waals surface area contributed by atoms with E-state index >= 15 is 0 Å². The van der Waals surface area contributed by atoms with Crippen LogP contribution >= 0.6 is 11.3 Å². The Labute approximate surface area is 127 Å². The number of thiophene rings is 1. The Kier molecular flexibility index (Phi) is 6.21. The summed E-state index contributed by atoms with van der Waals surface area (Å²) in [4.78, 5) is 0.685. The lowest BCUT2D eigenvalue weighted by Gasteiger charge is -2.26. The molecule has 0 bridgehead atoms. The lowest BCUT2D eigenvalue weighted by atomic mass is 10.4. The quantitative estimate of drug-likeness (QED) is 0.827. The molecule has 0 saturated heterocycles. The smallest absolute Gasteiger partial charge is 0.312 e. The highest BCUT2D eigenvalue weighted by atomic mass is 32.2. The van der Waals surface area contributed by atoms with Gasteiger partial charge in [0.05, 0.1) is 4.90 Å². The van der Waals surface area contributed by atoms with Gasteiger partial charge in [-0.05, 0) is 26.5 Å². The molecule has 0 amide bonds. The van der Waals surface area contributed by atoms with Crippen molar-refractivity contribution in [1.82, 2.24) is 9.62 Å². The Bertz CT molecular complexity index is 553. The molecular formula is C12H19F3N2O2S2. The van der Waals surface area contributed by atoms with Crippen LogP contribution in [-0.2, 0) is 16.6 Å². The van der Waals surface area contributed by atoms with E-state index in [1.807, 2.05) is 6.92 Å². The monoisotopic (exact) mass is 344 g/mol. The van der Waals surface area contributed by atoms with Gasteiger partial charge in [-0.25, -0.2) is 8.42 Å². The van der Waals surface area contributed by atoms with E-state index in [9.17, 15) is 21.6 Å². The second kappa shape index (κ2) is 7.08. The first-order valence-corrected chi connectivity index (χ1v) is 8.76. The zero-order valence-electron chi connectivity index (χ0n) is 12.1. The molecular weight excluding hydrogens is 325 g/mol. The van der Waals surface area contributed by atoms with Gasteiger partial charge in [-0.1, -0.05) is 6.92 Å². The van der Waals surface area contributed by atoms with Gasteiger partial charge in [0, 0.05) is 22.8 Å². The Balaban J connectivity index is 3.03. The van der Waals surface area contributed by atoms with Crippen molar-refractivity contribution < 1.29 is 21.6 Å². The molecule has 0 aliphatic carbocycles. The van der Waals surface area contributed by atoms with Crippen LogP contribution in [0.4, 0.5) is 13.2 Å². The average Bonchev–Trinajstić information content (AvgIpc) is 2.81. The van der Waals surface area contributed by atoms with E-state index < -0.39 is 28.8 Å². The molecule has 1 N–H and O–H groups in total. The van der Waals surface area contributed by atoms with E-state index in [4.69, 9.17) is 0 Å². The molecule has 1 heterocycles. The molecule has 0 saturated carbocycles. The van der Waals surface area contributed by atoms with Crippen LogP contribution in [-0.4, -0.2) is 38.0 Å². The van der Waals surface area contributed by atoms with E-state index in [2.05, 4.69) is 5.32 Å². The topological polar surface area (TPSA) is 49.4 Å². The van der Waals surface area contributed by atoms with Gasteiger partial charge in [0.15, 0.2) is 0 Å². The lowest BCUT2D eigenvalue weighted by Crippen LogP contribution is -2.43. The molecule has 0 aromatic carbocycles. The van der Waals surface area contributed by atoms with E-state index in [0.29, 0.717) is 10.8 Å². The summed E-state index contributed by atoms with van der Waals surface area (Å²) in [6, 6.07) is 0.655. The van der Waals surface area contributed by atoms with Crippen LogP contribution in [0.3, 0.4) is 0 Å². The number of hydrogen-bond acceptors (Lipinski definition) is 4. The van der Waals surface area contributed by atoms with Gasteiger partial charge in [-0.3, -0.25) is 0 Å². The molecule has 0 atom stereocenters. The Morgan fingerprint density at radius 2 is 2.00 bits per heavy atom. The summed E-state index contributed by atoms with van der Waals surface area (Å²) in [5.41, 5.74) is 0. The predicted octanol–water partition coefficient (Wildman–Crippen LogP) is 2.82. The molecule has 9 heteroatoms. The first-order valence-electron chi connectivity index (χ1n) is 6.44. The molecule has 0 aliphatic heterocycles. The van der Waals surface area contributed by atoms with Gasteiger partial charge in [-0.2, -0.15) is 17.5 Å². The number of nitrogens with zero attached hydrogens (tertiary/aromatic N) is 1. The minimum Gasteiger partial charge on any atom is -0.312 e. The zero-order chi connectivity index (χ0) is 16.3. The third-order valence-corrected chi connectivity index (χ3v) is 5.78. The highest BCUT2D eigenvalue weighted by Gasteiger charge is 2.38. The molecule has 0 fully saturated rings. The molecule has 122 valence electrons. The summed E-state index contributed by atoms with van der Waals surface area (Å²) in [5.74, 6) is 0. The van der Waals surface area contributed by atoms with Gasteiger partial charge in [0.2, 0.25) is 10.0 Å². The maximum atomic E-state index is 12.6. The fourth-order valence-electron chi connectivity index (χ4n) is 1.69. The van der Waals surface area contributed by atoms with Crippen LogP contribution in [0.1, 0.15) is 25.6 Å². The van der Waals surface area contributed by atoms with Gasteiger partial charge >= 0.3 is 6.18 Å². The fraction of sp³-hybridized carbons (Fsp3) is 0.667. The summed E-state index contributed by atoms with van der Waals surface area (Å²) in [7, 11) is -4.14. The van der Waals surface area contributed by atoms with Crippen LogP contribution in [0.5, 0.6) is 0 Å². The number of alkyl halides is 3. The largest absolute Gasteiger partial charge is 0.402 e. The van der Waals surface area contributed by atoms with Crippen LogP contribution in [0.25, 0.3) is 0 Å². The minimum atomic E-state index is -4.57. The third kappa shape index (κ3) is 5.24. The Morgan fingerprint density at radius 3 is 2.48 bits per heavy atom. The van der Waals surface area contributed by atoms with E-state index in [-0.39, 0.29) is 4.90 Å². The Morgan fingerprint density at radius 1 is 1.38 bits per heavy atom. The van der Waals surface area contributed by atoms with Crippen LogP contribution in [0.2, 0.25) is 0 Å². The number of rotatable bonds is 7. The van der Waals surface area contributed by atoms with Crippen LogP contribution < -0.4 is 5.32 Å². The highest BCUT2D eigenvalue weighted by Crippen LogP contribution is 2.27. The third-order valence-electron chi connectivity index (χ3n) is 2.70. The van der Waals surface area contributed by atoms with E-state index in [1.165, 1.54) is 36.6 Å². The fourth-order valence-corrected chi connectivity index (χ4v) is 4.55. The zero-order valence-corrected chi connectivity index (χ0v) is 13.7. The number of nitrogens with one attached hydrogen (secondary N) is 1. The predicted molar refractivity (Wildman–Crippen MR) is 76.8 cm³/mol. The van der Waals surface area contributed by atoms with Crippen molar-refractivity contribution in [3.05, 3.63) is 16.3 Å². The highest BCUT2D eigenvalue weighted by molar-refractivity contribution is 7.89. The van der Waals surface area contributed by atoms with Crippen molar-refractivity contribution in [2.75, 3.05) is 13.1 Å². The van der Waals surface area contributed by atoms with Crippen molar-refractivity contribution in [2.24, 2.45) is 0 Å². The summed E-state index contributed by atoms with van der Waals surface area (Å²) in [6.07, 6.45) is -4.57. The van der Waals surface area contributed by atoms with Crippen molar-refractivity contribution in [3.8, 4) is 0 Å². The molecule has 1 rings (SSSR count). The molecule has 0 unspecified atom stereocenters. The average molecular weight is 344 g/mol. The maximum Gasteiger partial charge on any atom is 0.402 e. The molecule has 4 nitrogen and oxygen atoms in total. The second-order valence-corrected chi connectivity index (χ2v) is 7.67. The van der Waals surface area contributed by atoms with Crippen LogP contribution in [0, 0.1) is 0 Å². The van der Waals surface area contributed by atoms with Gasteiger partial charge < -0.3 is 5.32 Å². The molecule has 1 aromatic heterocycles. The van der Waals surface area contributed by atoms with Gasteiger partial charge in [-0.15, -0.1) is 11.3 Å². The van der Waals surface area contributed by atoms with Crippen molar-refractivity contribution >= 4 is 21.4 Å². The van der Waals surface area contributed by atoms with Crippen LogP contribution in [0.15, 0.2) is 16.3 Å². The minimum absolute atomic E-state index is 0.0849. The van der Waals surface area contributed by atoms with E-state index in [1.54, 1.807) is 0 Å². The molecule has 0 aliphatic rings. The molecule has 0 radical (unpaired) electrons. The number of sulfonamides is 1. The van der Waals surface area contributed by atoms with Gasteiger partial charge in [0.1, 0.15) is 6.54 Å². The standard InChI is InChI=1S/C12H19F3N2O2S2/c1-4-16-6-10-5-11(7-20-10)21(18,19)17(9(2)3)8-12(13,14)15/h5,7,9,16H,4,6,8H2,1-3H3. The second-order valence-electron chi connectivity index (χ2n) is 4.79. The summed E-state index contributed by atoms with van der Waals surface area (Å²) >= 11 is 1.21. The normalized spacial score (nSPS) is 13.3. The van der Waals surface area contributed by atoms with Crippen molar-refractivity contribution in [1.29, 1.82) is 0 Å². The first-order chi connectivity index (χ1) is 9.58. The SMILES string of the molecule is CCNCc1cc(S(=O)(=O)N(CC(F)(F)F)C(C)C)cs1. The molecule has 1 aromatic rings. The number of hydrogen-bond donors (Lipinski definition) is 1. The summed E-state index contributed by atoms with van der Waals surface area (Å²) in [6.45, 7) is 4.51. The maximum absolute atomic E-state index is 12.6. The van der Waals surface area contributed by atoms with Crippen molar-refractivity contribution in [3.63, 3.8) is 0 Å². The van der Waals surface area contributed by atoms with Crippen molar-refractivity contribution in [2.45, 2.75) is 44.4 Å². The van der Waals surface area contributed by atoms with E-state index in [0.717, 1.165) is 11.4 Å². The number of halogens is 3. The van der Waals surface area contributed by atoms with Gasteiger partial charge in [0.25, 0.3) is 0 Å². The summed E-state index contributed by atoms with van der Waals surface area (Å²) < 4.78 is 62.9. The Hall–Kier alpha value is -0.640. The summed E-state index contributed by atoms with van der Waals surface area (Å²) in [5, 5.41) is 4.42. The molecule has 0 spiro atoms. The lowest BCUT2D eigenvalue weighted by molar-refractivity contribution is -0.138. The molecule has 21 heavy (non-hydrogen) atoms.